The van der Waals surface area contributed by atoms with Gasteiger partial charge in [0.15, 0.2) is 0 Å². The van der Waals surface area contributed by atoms with Gasteiger partial charge in [-0.3, -0.25) is 9.78 Å². The van der Waals surface area contributed by atoms with Gasteiger partial charge in [-0.15, -0.1) is 0 Å². The van der Waals surface area contributed by atoms with Gasteiger partial charge in [-0.2, -0.15) is 0 Å². The van der Waals surface area contributed by atoms with Crippen LogP contribution < -0.4 is 5.32 Å². The molecule has 0 aromatic carbocycles. The molecule has 0 saturated carbocycles. The highest BCUT2D eigenvalue weighted by molar-refractivity contribution is 5.75. The Kier molecular flexibility index (Phi) is 4.55. The van der Waals surface area contributed by atoms with Crippen LogP contribution in [0.25, 0.3) is 0 Å². The molecular formula is C14H19N3O3. The monoisotopic (exact) mass is 277 g/mol. The van der Waals surface area contributed by atoms with Crippen LogP contribution in [0.2, 0.25) is 0 Å². The van der Waals surface area contributed by atoms with Gasteiger partial charge in [-0.1, -0.05) is 6.07 Å². The smallest absolute Gasteiger partial charge is 0.317 e. The van der Waals surface area contributed by atoms with E-state index in [9.17, 15) is 9.59 Å². The van der Waals surface area contributed by atoms with Gasteiger partial charge >= 0.3 is 12.0 Å². The van der Waals surface area contributed by atoms with E-state index < -0.39 is 5.97 Å². The molecular weight excluding hydrogens is 258 g/mol. The summed E-state index contributed by atoms with van der Waals surface area (Å²) in [6, 6.07) is 5.32. The van der Waals surface area contributed by atoms with Gasteiger partial charge in [0, 0.05) is 18.8 Å². The van der Waals surface area contributed by atoms with Gasteiger partial charge in [0.05, 0.1) is 18.2 Å². The van der Waals surface area contributed by atoms with E-state index >= 15 is 0 Å². The van der Waals surface area contributed by atoms with Gasteiger partial charge in [-0.05, 0) is 31.9 Å². The highest BCUT2D eigenvalue weighted by Gasteiger charge is 2.32. The molecule has 2 N–H and O–H groups in total. The van der Waals surface area contributed by atoms with Gasteiger partial charge < -0.3 is 15.3 Å². The zero-order chi connectivity index (χ0) is 14.5. The van der Waals surface area contributed by atoms with Crippen LogP contribution in [-0.2, 0) is 11.3 Å². The number of nitrogens with one attached hydrogen (secondary N) is 1. The molecule has 1 aromatic rings. The number of rotatable bonds is 3. The average molecular weight is 277 g/mol. The fourth-order valence-electron chi connectivity index (χ4n) is 2.47. The van der Waals surface area contributed by atoms with E-state index in [1.165, 1.54) is 0 Å². The normalized spacial score (nSPS) is 22.4. The number of carboxylic acid groups (broad SMARTS) is 1. The lowest BCUT2D eigenvalue weighted by Crippen LogP contribution is -2.50. The van der Waals surface area contributed by atoms with E-state index in [2.05, 4.69) is 10.3 Å². The molecule has 0 aliphatic carbocycles. The van der Waals surface area contributed by atoms with E-state index in [1.807, 2.05) is 25.1 Å². The van der Waals surface area contributed by atoms with Crippen LogP contribution in [0.5, 0.6) is 0 Å². The van der Waals surface area contributed by atoms with Gasteiger partial charge in [-0.25, -0.2) is 4.79 Å². The number of hydrogen-bond donors (Lipinski definition) is 2. The Morgan fingerprint density at radius 1 is 1.50 bits per heavy atom. The predicted octanol–water partition coefficient (Wildman–Crippen LogP) is 1.48. The Hall–Kier alpha value is -2.11. The van der Waals surface area contributed by atoms with Gasteiger partial charge in [0.1, 0.15) is 0 Å². The molecule has 2 amide bonds. The van der Waals surface area contributed by atoms with Crippen molar-refractivity contribution in [2.45, 2.75) is 32.4 Å². The van der Waals surface area contributed by atoms with E-state index in [0.717, 1.165) is 5.69 Å². The average Bonchev–Trinajstić information content (AvgIpc) is 2.45. The van der Waals surface area contributed by atoms with Crippen molar-refractivity contribution < 1.29 is 14.7 Å². The lowest BCUT2D eigenvalue weighted by molar-refractivity contribution is -0.143. The Morgan fingerprint density at radius 3 is 2.90 bits per heavy atom. The number of carbonyl (C=O) groups excluding carboxylic acids is 1. The molecule has 0 radical (unpaired) electrons. The third-order valence-corrected chi connectivity index (χ3v) is 3.63. The number of hydrogen-bond acceptors (Lipinski definition) is 3. The number of carboxylic acids is 1. The molecule has 0 spiro atoms. The first-order chi connectivity index (χ1) is 9.58. The first-order valence-corrected chi connectivity index (χ1v) is 6.75. The van der Waals surface area contributed by atoms with Crippen LogP contribution in [0.1, 0.15) is 25.5 Å². The third kappa shape index (κ3) is 3.46. The van der Waals surface area contributed by atoms with Crippen molar-refractivity contribution in [3.63, 3.8) is 0 Å². The number of piperidine rings is 1. The summed E-state index contributed by atoms with van der Waals surface area (Å²) in [5, 5.41) is 11.8. The van der Waals surface area contributed by atoms with Crippen molar-refractivity contribution in [1.29, 1.82) is 0 Å². The largest absolute Gasteiger partial charge is 0.481 e. The molecule has 20 heavy (non-hydrogen) atoms. The van der Waals surface area contributed by atoms with E-state index in [4.69, 9.17) is 5.11 Å². The second kappa shape index (κ2) is 6.36. The van der Waals surface area contributed by atoms with Crippen molar-refractivity contribution in [2.24, 2.45) is 5.92 Å². The van der Waals surface area contributed by atoms with Crippen LogP contribution in [0.3, 0.4) is 0 Å². The number of pyridine rings is 1. The van der Waals surface area contributed by atoms with Crippen molar-refractivity contribution in [3.8, 4) is 0 Å². The zero-order valence-corrected chi connectivity index (χ0v) is 11.5. The maximum Gasteiger partial charge on any atom is 0.317 e. The highest BCUT2D eigenvalue weighted by Crippen LogP contribution is 2.22. The number of urea groups is 1. The second-order valence-electron chi connectivity index (χ2n) is 5.08. The fourth-order valence-corrected chi connectivity index (χ4v) is 2.47. The lowest BCUT2D eigenvalue weighted by Gasteiger charge is -2.36. The third-order valence-electron chi connectivity index (χ3n) is 3.63. The number of carbonyl (C=O) groups is 2. The lowest BCUT2D eigenvalue weighted by atomic mass is 9.92. The van der Waals surface area contributed by atoms with Gasteiger partial charge in [0.25, 0.3) is 0 Å². The number of aliphatic carboxylic acids is 1. The molecule has 1 aliphatic rings. The summed E-state index contributed by atoms with van der Waals surface area (Å²) in [6.07, 6.45) is 2.70. The van der Waals surface area contributed by atoms with E-state index in [1.54, 1.807) is 11.1 Å². The molecule has 2 heterocycles. The standard InChI is InChI=1S/C14H19N3O3/c1-10-8-11(13(18)19)5-7-17(10)14(20)16-9-12-4-2-3-6-15-12/h2-4,6,10-11H,5,7-9H2,1H3,(H,16,20)(H,18,19). The molecule has 108 valence electrons. The molecule has 1 aliphatic heterocycles. The summed E-state index contributed by atoms with van der Waals surface area (Å²) in [7, 11) is 0. The van der Waals surface area contributed by atoms with Crippen LogP contribution in [0.15, 0.2) is 24.4 Å². The Bertz CT molecular complexity index is 478. The number of amides is 2. The van der Waals surface area contributed by atoms with Crippen LogP contribution in [0.4, 0.5) is 4.79 Å². The molecule has 1 aromatic heterocycles. The molecule has 0 bridgehead atoms. The highest BCUT2D eigenvalue weighted by atomic mass is 16.4. The van der Waals surface area contributed by atoms with Crippen molar-refractivity contribution in [3.05, 3.63) is 30.1 Å². The number of aromatic nitrogens is 1. The minimum Gasteiger partial charge on any atom is -0.481 e. The topological polar surface area (TPSA) is 82.5 Å². The first kappa shape index (κ1) is 14.3. The molecule has 6 nitrogen and oxygen atoms in total. The molecule has 2 unspecified atom stereocenters. The van der Waals surface area contributed by atoms with Crippen LogP contribution >= 0.6 is 0 Å². The Labute approximate surface area is 117 Å². The maximum absolute atomic E-state index is 12.1. The molecule has 2 rings (SSSR count). The summed E-state index contributed by atoms with van der Waals surface area (Å²) in [5.74, 6) is -1.12. The van der Waals surface area contributed by atoms with Crippen molar-refractivity contribution in [2.75, 3.05) is 6.54 Å². The summed E-state index contributed by atoms with van der Waals surface area (Å²) in [5.41, 5.74) is 0.800. The minimum absolute atomic E-state index is 0.0615. The summed E-state index contributed by atoms with van der Waals surface area (Å²) in [6.45, 7) is 2.74. The molecule has 1 saturated heterocycles. The molecule has 2 atom stereocenters. The van der Waals surface area contributed by atoms with E-state index in [-0.39, 0.29) is 18.0 Å². The van der Waals surface area contributed by atoms with E-state index in [0.29, 0.717) is 25.9 Å². The van der Waals surface area contributed by atoms with Crippen molar-refractivity contribution >= 4 is 12.0 Å². The Balaban J connectivity index is 1.85. The fraction of sp³-hybridized carbons (Fsp3) is 0.500. The quantitative estimate of drug-likeness (QED) is 0.876. The maximum atomic E-state index is 12.1. The van der Waals surface area contributed by atoms with Crippen molar-refractivity contribution in [1.82, 2.24) is 15.2 Å². The van der Waals surface area contributed by atoms with Crippen LogP contribution in [-0.4, -0.2) is 39.6 Å². The number of likely N-dealkylation sites (tertiary alicyclic amines) is 1. The minimum atomic E-state index is -0.773. The molecule has 6 heteroatoms. The summed E-state index contributed by atoms with van der Waals surface area (Å²) < 4.78 is 0. The van der Waals surface area contributed by atoms with Gasteiger partial charge in [0.2, 0.25) is 0 Å². The molecule has 1 fully saturated rings. The Morgan fingerprint density at radius 2 is 2.30 bits per heavy atom. The van der Waals surface area contributed by atoms with Crippen LogP contribution in [0, 0.1) is 5.92 Å². The second-order valence-corrected chi connectivity index (χ2v) is 5.08. The zero-order valence-electron chi connectivity index (χ0n) is 11.5. The summed E-state index contributed by atoms with van der Waals surface area (Å²) >= 11 is 0. The SMILES string of the molecule is CC1CC(C(=O)O)CCN1C(=O)NCc1ccccn1. The predicted molar refractivity (Wildman–Crippen MR) is 73.0 cm³/mol. The first-order valence-electron chi connectivity index (χ1n) is 6.75. The number of nitrogens with zero attached hydrogens (tertiary/aromatic N) is 2. The summed E-state index contributed by atoms with van der Waals surface area (Å²) in [4.78, 5) is 28.9.